The quantitative estimate of drug-likeness (QED) is 0.430. The Balaban J connectivity index is 0. The monoisotopic (exact) mass is 340 g/mol. The average Bonchev–Trinajstić information content (AvgIpc) is 2.49. The zero-order chi connectivity index (χ0) is 13.6. The SMILES string of the molecule is CC1CC2C=CC=CC2C1[Si](C)(C)[N-]C(C)(C)C.[CH3-].[CH3-].[Ti+3]. The van der Waals surface area contributed by atoms with Gasteiger partial charge in [-0.15, -0.1) is 5.54 Å². The molecule has 0 amide bonds. The van der Waals surface area contributed by atoms with E-state index < -0.39 is 8.24 Å². The predicted molar refractivity (Wildman–Crippen MR) is 96.2 cm³/mol. The van der Waals surface area contributed by atoms with Gasteiger partial charge in [0.15, 0.2) is 0 Å². The molecule has 0 aliphatic heterocycles. The fourth-order valence-corrected chi connectivity index (χ4v) is 9.06. The Hall–Kier alpha value is 0.371. The van der Waals surface area contributed by atoms with Gasteiger partial charge in [0.05, 0.1) is 0 Å². The maximum Gasteiger partial charge on any atom is 3.00 e. The minimum atomic E-state index is -1.54. The van der Waals surface area contributed by atoms with E-state index >= 15 is 0 Å². The van der Waals surface area contributed by atoms with Crippen molar-refractivity contribution in [3.05, 3.63) is 44.1 Å². The molecule has 1 nitrogen and oxygen atoms in total. The molecule has 21 heavy (non-hydrogen) atoms. The third-order valence-electron chi connectivity index (χ3n) is 4.41. The molecule has 0 aromatic rings. The molecule has 0 heterocycles. The van der Waals surface area contributed by atoms with E-state index in [0.29, 0.717) is 0 Å². The standard InChI is InChI=1S/C16H28NSi.2CH3.Ti/c1-12-11-13-9-7-8-10-14(13)15(12)18(5,6)17-16(2,3)4;;;/h7-10,12-15H,11H2,1-6H3;2*1H3;/q3*-1;+3. The Morgan fingerprint density at radius 1 is 1.05 bits per heavy atom. The van der Waals surface area contributed by atoms with E-state index in [1.165, 1.54) is 6.42 Å². The van der Waals surface area contributed by atoms with Gasteiger partial charge < -0.3 is 19.8 Å². The third kappa shape index (κ3) is 5.50. The van der Waals surface area contributed by atoms with Crippen LogP contribution >= 0.6 is 0 Å². The summed E-state index contributed by atoms with van der Waals surface area (Å²) < 4.78 is 0. The molecule has 1 fully saturated rings. The minimum absolute atomic E-state index is 0. The topological polar surface area (TPSA) is 14.1 Å². The van der Waals surface area contributed by atoms with Gasteiger partial charge in [-0.2, -0.15) is 0 Å². The Kier molecular flexibility index (Phi) is 9.33. The number of allylic oxidation sites excluding steroid dienone is 4. The van der Waals surface area contributed by atoms with Gasteiger partial charge in [-0.1, -0.05) is 78.9 Å². The first-order chi connectivity index (χ1) is 8.21. The first-order valence-corrected chi connectivity index (χ1v) is 10.3. The molecule has 1 saturated carbocycles. The number of hydrogen-bond donors (Lipinski definition) is 0. The van der Waals surface area contributed by atoms with Gasteiger partial charge in [0.25, 0.3) is 0 Å². The van der Waals surface area contributed by atoms with Crippen molar-refractivity contribution >= 4 is 8.24 Å². The van der Waals surface area contributed by atoms with Crippen LogP contribution in [0.2, 0.25) is 18.6 Å². The first-order valence-electron chi connectivity index (χ1n) is 7.30. The zero-order valence-electron chi connectivity index (χ0n) is 15.3. The Labute approximate surface area is 150 Å². The van der Waals surface area contributed by atoms with Crippen LogP contribution in [0.5, 0.6) is 0 Å². The molecular formula is C18H34NSiTi. The summed E-state index contributed by atoms with van der Waals surface area (Å²) in [4.78, 5) is 5.25. The number of rotatable bonds is 2. The van der Waals surface area contributed by atoms with Gasteiger partial charge in [-0.05, 0) is 24.2 Å². The summed E-state index contributed by atoms with van der Waals surface area (Å²) in [5.41, 5.74) is 0.921. The van der Waals surface area contributed by atoms with E-state index in [1.54, 1.807) is 0 Å². The molecule has 0 aromatic heterocycles. The van der Waals surface area contributed by atoms with E-state index in [9.17, 15) is 0 Å². The molecule has 0 spiro atoms. The molecular weight excluding hydrogens is 306 g/mol. The van der Waals surface area contributed by atoms with Crippen molar-refractivity contribution in [1.82, 2.24) is 0 Å². The van der Waals surface area contributed by atoms with Crippen molar-refractivity contribution in [2.75, 3.05) is 0 Å². The second-order valence-corrected chi connectivity index (χ2v) is 11.9. The van der Waals surface area contributed by atoms with Crippen molar-refractivity contribution in [1.29, 1.82) is 0 Å². The summed E-state index contributed by atoms with van der Waals surface area (Å²) in [5.74, 6) is 2.34. The van der Waals surface area contributed by atoms with E-state index in [1.807, 2.05) is 0 Å². The van der Waals surface area contributed by atoms with Crippen LogP contribution < -0.4 is 0 Å². The fourth-order valence-electron chi connectivity index (χ4n) is 4.35. The van der Waals surface area contributed by atoms with Gasteiger partial charge in [0, 0.05) is 0 Å². The largest absolute Gasteiger partial charge is 3.00 e. The molecule has 119 valence electrons. The van der Waals surface area contributed by atoms with Crippen molar-refractivity contribution in [2.24, 2.45) is 17.8 Å². The summed E-state index contributed by atoms with van der Waals surface area (Å²) in [6.45, 7) is 14.1. The first kappa shape index (κ1) is 23.6. The number of nitrogens with zero attached hydrogens (tertiary/aromatic N) is 1. The van der Waals surface area contributed by atoms with Crippen molar-refractivity contribution in [3.63, 3.8) is 0 Å². The van der Waals surface area contributed by atoms with Crippen LogP contribution in [0.25, 0.3) is 4.98 Å². The second-order valence-electron chi connectivity index (χ2n) is 7.69. The zero-order valence-corrected chi connectivity index (χ0v) is 17.8. The molecule has 2 aliphatic rings. The minimum Gasteiger partial charge on any atom is -0.660 e. The van der Waals surface area contributed by atoms with Crippen LogP contribution in [0.1, 0.15) is 34.1 Å². The Bertz CT molecular complexity index is 368. The molecule has 0 bridgehead atoms. The Morgan fingerprint density at radius 2 is 1.57 bits per heavy atom. The summed E-state index contributed by atoms with van der Waals surface area (Å²) in [7, 11) is -1.54. The molecule has 2 rings (SSSR count). The number of hydrogen-bond acceptors (Lipinski definition) is 0. The van der Waals surface area contributed by atoms with Crippen LogP contribution in [0.3, 0.4) is 0 Å². The summed E-state index contributed by atoms with van der Waals surface area (Å²) in [6.07, 6.45) is 10.7. The van der Waals surface area contributed by atoms with Crippen LogP contribution in [-0.4, -0.2) is 13.8 Å². The van der Waals surface area contributed by atoms with Crippen LogP contribution in [0.15, 0.2) is 24.3 Å². The van der Waals surface area contributed by atoms with Gasteiger partial charge in [-0.3, -0.25) is 0 Å². The van der Waals surface area contributed by atoms with Gasteiger partial charge in [0.2, 0.25) is 0 Å². The van der Waals surface area contributed by atoms with Crippen molar-refractivity contribution in [3.8, 4) is 0 Å². The molecule has 1 radical (unpaired) electrons. The predicted octanol–water partition coefficient (Wildman–Crippen LogP) is 6.03. The molecule has 3 heteroatoms. The maximum atomic E-state index is 5.25. The summed E-state index contributed by atoms with van der Waals surface area (Å²) in [6, 6.07) is 0. The maximum absolute atomic E-state index is 5.25. The average molecular weight is 340 g/mol. The molecule has 0 saturated heterocycles. The molecule has 0 N–H and O–H groups in total. The number of fused-ring (bicyclic) bond motifs is 1. The Morgan fingerprint density at radius 3 is 2.10 bits per heavy atom. The normalized spacial score (nSPS) is 30.8. The smallest absolute Gasteiger partial charge is 0.660 e. The molecule has 0 aromatic carbocycles. The van der Waals surface area contributed by atoms with Gasteiger partial charge >= 0.3 is 21.7 Å². The molecule has 2 aliphatic carbocycles. The van der Waals surface area contributed by atoms with E-state index in [-0.39, 0.29) is 42.1 Å². The van der Waals surface area contributed by atoms with E-state index in [2.05, 4.69) is 65.1 Å². The van der Waals surface area contributed by atoms with Crippen LogP contribution in [-0.2, 0) is 21.7 Å². The fraction of sp³-hybridized carbons (Fsp3) is 0.667. The second kappa shape index (κ2) is 8.29. The summed E-state index contributed by atoms with van der Waals surface area (Å²) >= 11 is 0. The third-order valence-corrected chi connectivity index (χ3v) is 8.24. The van der Waals surface area contributed by atoms with E-state index in [4.69, 9.17) is 4.98 Å². The van der Waals surface area contributed by atoms with E-state index in [0.717, 1.165) is 23.3 Å². The van der Waals surface area contributed by atoms with Crippen LogP contribution in [0.4, 0.5) is 0 Å². The van der Waals surface area contributed by atoms with Gasteiger partial charge in [-0.25, -0.2) is 0 Å². The van der Waals surface area contributed by atoms with Gasteiger partial charge in [0.1, 0.15) is 0 Å². The van der Waals surface area contributed by atoms with Crippen molar-refractivity contribution < 1.29 is 21.7 Å². The summed E-state index contributed by atoms with van der Waals surface area (Å²) in [5, 5.41) is 0. The molecule has 4 atom stereocenters. The molecule has 4 unspecified atom stereocenters. The van der Waals surface area contributed by atoms with Crippen LogP contribution in [0, 0.1) is 32.6 Å². The van der Waals surface area contributed by atoms with Crippen molar-refractivity contribution in [2.45, 2.75) is 58.3 Å².